The molecule has 2 aliphatic rings. The van der Waals surface area contributed by atoms with Gasteiger partial charge in [0.15, 0.2) is 7.05 Å². The van der Waals surface area contributed by atoms with Crippen molar-refractivity contribution in [1.82, 2.24) is 14.5 Å². The van der Waals surface area contributed by atoms with Crippen LogP contribution < -0.4 is 4.58 Å². The van der Waals surface area contributed by atoms with E-state index in [1.807, 2.05) is 72.4 Å². The first-order valence-corrected chi connectivity index (χ1v) is 12.3. The van der Waals surface area contributed by atoms with Gasteiger partial charge in [0.2, 0.25) is 0 Å². The number of para-hydroxylation sites is 2. The van der Waals surface area contributed by atoms with Gasteiger partial charge in [-0.15, -0.1) is 47.5 Å². The summed E-state index contributed by atoms with van der Waals surface area (Å²) in [6, 6.07) is 40.4. The summed E-state index contributed by atoms with van der Waals surface area (Å²) in [7, 11) is 2.03. The summed E-state index contributed by atoms with van der Waals surface area (Å²) in [5, 5.41) is 0. The van der Waals surface area contributed by atoms with Gasteiger partial charge in [-0.25, -0.2) is 0 Å². The number of aromatic nitrogens is 2. The third kappa shape index (κ3) is 4.35. The van der Waals surface area contributed by atoms with E-state index in [-0.39, 0.29) is 25.5 Å². The number of hydrogen-bond donors (Lipinski definition) is 0. The van der Waals surface area contributed by atoms with Crippen LogP contribution in [0.5, 0.6) is 0 Å². The molecule has 5 heteroatoms. The number of fused-ring (bicyclic) bond motifs is 4. The number of nitrogens with zero attached hydrogens (tertiary/aromatic N) is 4. The molecule has 0 spiro atoms. The topological polar surface area (TPSA) is 31.8 Å². The van der Waals surface area contributed by atoms with Crippen molar-refractivity contribution in [2.24, 2.45) is 0 Å². The molecule has 0 N–H and O–H groups in total. The first-order valence-electron chi connectivity index (χ1n) is 12.3. The summed E-state index contributed by atoms with van der Waals surface area (Å²) in [5.41, 5.74) is 10.0. The third-order valence-corrected chi connectivity index (χ3v) is 6.90. The maximum absolute atomic E-state index is 4.69. The minimum Gasteiger partial charge on any atom is -0.305 e. The van der Waals surface area contributed by atoms with Gasteiger partial charge in [0.05, 0.1) is 0 Å². The Kier molecular flexibility index (Phi) is 7.01. The van der Waals surface area contributed by atoms with Crippen LogP contribution in [0.25, 0.3) is 22.4 Å². The minimum absolute atomic E-state index is 0. The van der Waals surface area contributed by atoms with E-state index < -0.39 is 0 Å². The second-order valence-corrected chi connectivity index (χ2v) is 9.61. The van der Waals surface area contributed by atoms with Crippen molar-refractivity contribution >= 4 is 23.1 Å². The normalized spacial score (nSPS) is 13.6. The Morgan fingerprint density at radius 3 is 2.26 bits per heavy atom. The molecule has 0 atom stereocenters. The molecule has 187 valence electrons. The largest absolute Gasteiger partial charge is 0.494 e. The molecule has 3 aromatic carbocycles. The molecule has 0 fully saturated rings. The van der Waals surface area contributed by atoms with Gasteiger partial charge in [0.25, 0.3) is 11.4 Å². The van der Waals surface area contributed by atoms with Gasteiger partial charge in [-0.1, -0.05) is 58.9 Å². The molecule has 0 unspecified atom stereocenters. The monoisotopic (exact) mass is 671 g/mol. The van der Waals surface area contributed by atoms with Gasteiger partial charge in [-0.2, -0.15) is 12.1 Å². The minimum atomic E-state index is -0.170. The fourth-order valence-corrected chi connectivity index (χ4v) is 5.20. The number of rotatable bonds is 2. The zero-order chi connectivity index (χ0) is 25.4. The van der Waals surface area contributed by atoms with Crippen molar-refractivity contribution in [3.8, 4) is 22.4 Å². The van der Waals surface area contributed by atoms with Crippen LogP contribution >= 0.6 is 0 Å². The second kappa shape index (κ2) is 10.4. The molecule has 7 rings (SSSR count). The molecule has 2 aromatic heterocycles. The molecule has 1 aliphatic heterocycles. The predicted molar refractivity (Wildman–Crippen MR) is 148 cm³/mol. The van der Waals surface area contributed by atoms with E-state index in [1.165, 1.54) is 16.7 Å². The Hall–Kier alpha value is -4.01. The molecule has 38 heavy (non-hydrogen) atoms. The maximum atomic E-state index is 4.69. The van der Waals surface area contributed by atoms with Crippen molar-refractivity contribution in [3.05, 3.63) is 127 Å². The Morgan fingerprint density at radius 1 is 0.737 bits per heavy atom. The van der Waals surface area contributed by atoms with E-state index in [0.29, 0.717) is 0 Å². The third-order valence-electron chi connectivity index (χ3n) is 6.90. The average molecular weight is 671 g/mol. The molecule has 1 aliphatic carbocycles. The fourth-order valence-electron chi connectivity index (χ4n) is 5.20. The molecule has 0 saturated heterocycles. The first-order chi connectivity index (χ1) is 18.1. The van der Waals surface area contributed by atoms with Gasteiger partial charge in [0.1, 0.15) is 5.69 Å². The van der Waals surface area contributed by atoms with Crippen molar-refractivity contribution in [2.45, 2.75) is 19.3 Å². The smallest absolute Gasteiger partial charge is 0.305 e. The molecule has 3 heterocycles. The summed E-state index contributed by atoms with van der Waals surface area (Å²) >= 11 is 0. The Labute approximate surface area is 237 Å². The van der Waals surface area contributed by atoms with E-state index in [2.05, 4.69) is 77.9 Å². The van der Waals surface area contributed by atoms with Gasteiger partial charge in [-0.05, 0) is 28.8 Å². The Balaban J connectivity index is 0.000000191. The van der Waals surface area contributed by atoms with E-state index in [0.717, 1.165) is 34.0 Å². The van der Waals surface area contributed by atoms with Crippen molar-refractivity contribution < 1.29 is 24.7 Å². The fraction of sp³-hybridized carbons (Fsp3) is 0.121. The van der Waals surface area contributed by atoms with Crippen LogP contribution in [-0.2, 0) is 25.5 Å². The van der Waals surface area contributed by atoms with Crippen LogP contribution in [0, 0.1) is 12.1 Å². The molecular formula is C33H26IrN4. The Morgan fingerprint density at radius 2 is 1.50 bits per heavy atom. The number of hydrogen-bond acceptors (Lipinski definition) is 2. The number of benzene rings is 3. The average Bonchev–Trinajstić information content (AvgIpc) is 3.42. The van der Waals surface area contributed by atoms with E-state index in [9.17, 15) is 0 Å². The van der Waals surface area contributed by atoms with Gasteiger partial charge >= 0.3 is 6.01 Å². The summed E-state index contributed by atoms with van der Waals surface area (Å²) in [6.07, 6.45) is 3.67. The van der Waals surface area contributed by atoms with E-state index >= 15 is 0 Å². The van der Waals surface area contributed by atoms with Crippen LogP contribution in [0.4, 0.5) is 17.1 Å². The van der Waals surface area contributed by atoms with Crippen LogP contribution in [0.15, 0.2) is 103 Å². The molecule has 4 nitrogen and oxygen atoms in total. The van der Waals surface area contributed by atoms with Gasteiger partial charge in [0, 0.05) is 50.3 Å². The number of pyridine rings is 2. The maximum Gasteiger partial charge on any atom is 0.494 e. The summed E-state index contributed by atoms with van der Waals surface area (Å²) in [4.78, 5) is 8.91. The van der Waals surface area contributed by atoms with E-state index in [1.54, 1.807) is 6.20 Å². The molecular weight excluding hydrogens is 645 g/mol. The summed E-state index contributed by atoms with van der Waals surface area (Å²) < 4.78 is 4.16. The quantitative estimate of drug-likeness (QED) is 0.149. The molecule has 0 bridgehead atoms. The standard InChI is InChI=1S/C22H18N3.C11H8N.Ir/c1-22(2)20-15(16-9-7-13-23-21(16)22)8-6-12-19(20)25-14-24(3)17-10-4-5-11-18(17)25;1-2-6-10(7-3-1)11-8-4-5-9-12-11;/h4-11,13H,1-3H3;1-6,8-9H;/q+1;-1;. The molecule has 5 aromatic rings. The summed E-state index contributed by atoms with van der Waals surface area (Å²) in [5.74, 6) is 0. The first kappa shape index (κ1) is 25.6. The molecule has 0 saturated carbocycles. The van der Waals surface area contributed by atoms with Crippen LogP contribution in [0.3, 0.4) is 0 Å². The second-order valence-electron chi connectivity index (χ2n) is 9.61. The van der Waals surface area contributed by atoms with Crippen molar-refractivity contribution in [1.29, 1.82) is 0 Å². The van der Waals surface area contributed by atoms with E-state index in [4.69, 9.17) is 4.98 Å². The van der Waals surface area contributed by atoms with Crippen LogP contribution in [-0.4, -0.2) is 27.6 Å². The zero-order valence-electron chi connectivity index (χ0n) is 21.4. The molecule has 1 radical (unpaired) electrons. The van der Waals surface area contributed by atoms with Crippen LogP contribution in [0.2, 0.25) is 0 Å². The van der Waals surface area contributed by atoms with Crippen molar-refractivity contribution in [3.63, 3.8) is 0 Å². The molecule has 0 amide bonds. The predicted octanol–water partition coefficient (Wildman–Crippen LogP) is 7.03. The van der Waals surface area contributed by atoms with Gasteiger partial charge < -0.3 is 4.98 Å². The SMILES string of the molecule is C[N+]1=C=[N+](c2[c-]ccc3c2C(C)(C)c2ncccc2-3)c2ccccc21.[Ir].[c-]1ccccc1-c1ccccn1. The van der Waals surface area contributed by atoms with Crippen LogP contribution in [0.1, 0.15) is 25.1 Å². The summed E-state index contributed by atoms with van der Waals surface area (Å²) in [6.45, 7) is 4.49. The Bertz CT molecular complexity index is 1650. The van der Waals surface area contributed by atoms with Gasteiger partial charge in [-0.3, -0.25) is 4.98 Å². The zero-order valence-corrected chi connectivity index (χ0v) is 23.8. The van der Waals surface area contributed by atoms with Crippen molar-refractivity contribution in [2.75, 3.05) is 7.05 Å².